The minimum absolute atomic E-state index is 0.108. The van der Waals surface area contributed by atoms with Gasteiger partial charge in [-0.2, -0.15) is 22.5 Å². The Labute approximate surface area is 241 Å². The zero-order chi connectivity index (χ0) is 28.3. The van der Waals surface area contributed by atoms with Gasteiger partial charge in [0.25, 0.3) is 10.2 Å². The Morgan fingerprint density at radius 1 is 1.12 bits per heavy atom. The predicted molar refractivity (Wildman–Crippen MR) is 158 cm³/mol. The van der Waals surface area contributed by atoms with Crippen LogP contribution < -0.4 is 14.9 Å². The number of anilines is 3. The summed E-state index contributed by atoms with van der Waals surface area (Å²) in [6.07, 6.45) is 4.15. The van der Waals surface area contributed by atoms with Crippen molar-refractivity contribution in [3.8, 4) is 17.3 Å². The van der Waals surface area contributed by atoms with Gasteiger partial charge in [0.15, 0.2) is 10.9 Å². The first kappa shape index (κ1) is 27.1. The van der Waals surface area contributed by atoms with Crippen LogP contribution in [0.25, 0.3) is 16.2 Å². The quantitative estimate of drug-likeness (QED) is 0.337. The van der Waals surface area contributed by atoms with Crippen LogP contribution in [0.5, 0.6) is 0 Å². The van der Waals surface area contributed by atoms with E-state index in [9.17, 15) is 13.7 Å². The highest BCUT2D eigenvalue weighted by atomic mass is 32.2. The van der Waals surface area contributed by atoms with Gasteiger partial charge >= 0.3 is 0 Å². The van der Waals surface area contributed by atoms with Gasteiger partial charge in [-0.3, -0.25) is 0 Å². The number of benzene rings is 1. The molecule has 14 heteroatoms. The average Bonchev–Trinajstić information content (AvgIpc) is 3.67. The topological polar surface area (TPSA) is 137 Å². The minimum Gasteiger partial charge on any atom is -0.341 e. The fourth-order valence-electron chi connectivity index (χ4n) is 5.94. The number of hydrogen-bond donors (Lipinski definition) is 1. The van der Waals surface area contributed by atoms with Crippen molar-refractivity contribution in [3.63, 3.8) is 0 Å². The zero-order valence-electron chi connectivity index (χ0n) is 22.8. The molecule has 3 aromatic heterocycles. The summed E-state index contributed by atoms with van der Waals surface area (Å²) >= 11 is 2.91. The molecule has 1 aromatic carbocycles. The Hall–Kier alpha value is -3.09. The van der Waals surface area contributed by atoms with Crippen molar-refractivity contribution in [2.24, 2.45) is 5.14 Å². The van der Waals surface area contributed by atoms with Crippen LogP contribution in [0.15, 0.2) is 24.3 Å². The Balaban J connectivity index is 1.33. The molecule has 2 aliphatic rings. The summed E-state index contributed by atoms with van der Waals surface area (Å²) < 4.78 is 27.1. The van der Waals surface area contributed by atoms with E-state index in [1.54, 1.807) is 18.4 Å². The lowest BCUT2D eigenvalue weighted by Crippen LogP contribution is -2.52. The number of nitrogens with zero attached hydrogens (tertiary/aromatic N) is 8. The maximum absolute atomic E-state index is 12.0. The Morgan fingerprint density at radius 3 is 2.40 bits per heavy atom. The minimum atomic E-state index is -3.73. The molecule has 210 valence electrons. The highest BCUT2D eigenvalue weighted by Gasteiger charge is 2.45. The smallest absolute Gasteiger partial charge is 0.276 e. The van der Waals surface area contributed by atoms with Crippen LogP contribution >= 0.6 is 22.7 Å². The first-order valence-corrected chi connectivity index (χ1v) is 16.4. The van der Waals surface area contributed by atoms with Crippen molar-refractivity contribution >= 4 is 53.9 Å². The highest BCUT2D eigenvalue weighted by molar-refractivity contribution is 7.86. The number of rotatable bonds is 7. The van der Waals surface area contributed by atoms with Gasteiger partial charge in [0.05, 0.1) is 5.69 Å². The number of aromatic nitrogens is 4. The molecule has 40 heavy (non-hydrogen) atoms. The molecule has 0 saturated carbocycles. The van der Waals surface area contributed by atoms with Crippen LogP contribution in [0.2, 0.25) is 0 Å². The van der Waals surface area contributed by atoms with Gasteiger partial charge in [0.2, 0.25) is 10.1 Å². The molecule has 2 bridgehead atoms. The second-order valence-electron chi connectivity index (χ2n) is 10.5. The van der Waals surface area contributed by atoms with Gasteiger partial charge in [-0.05, 0) is 39.0 Å². The monoisotopic (exact) mass is 597 g/mol. The molecule has 0 radical (unpaired) electrons. The lowest BCUT2D eigenvalue weighted by molar-refractivity contribution is 0.276. The molecule has 4 aromatic rings. The summed E-state index contributed by atoms with van der Waals surface area (Å²) in [7, 11) is -0.216. The highest BCUT2D eigenvalue weighted by Crippen LogP contribution is 2.44. The number of nitriles is 1. The molecule has 2 unspecified atom stereocenters. The summed E-state index contributed by atoms with van der Waals surface area (Å²) in [4.78, 5) is 15.5. The standard InChI is InChI=1S/C26H31N9O2S3/c1-5-20-23(32(3)24-30-22(21(14-27)38-24)16-8-6-15(2)7-9-16)35-25(29-20)39-26(31-35)34-17-10-11-18(34)13-19(12-17)33(4)40(28,36)37/h6-9,17-19H,5,10-13H2,1-4H3,(H2,28,36,37). The van der Waals surface area contributed by atoms with Gasteiger partial charge < -0.3 is 9.80 Å². The molecule has 2 N–H and O–H groups in total. The summed E-state index contributed by atoms with van der Waals surface area (Å²) in [6.45, 7) is 4.10. The van der Waals surface area contributed by atoms with Crippen molar-refractivity contribution in [3.05, 3.63) is 40.4 Å². The fourth-order valence-corrected chi connectivity index (χ4v) is 8.43. The summed E-state index contributed by atoms with van der Waals surface area (Å²) in [5.41, 5.74) is 3.65. The molecule has 5 heterocycles. The zero-order valence-corrected chi connectivity index (χ0v) is 25.2. The van der Waals surface area contributed by atoms with Crippen molar-refractivity contribution in [2.45, 2.75) is 64.1 Å². The van der Waals surface area contributed by atoms with Crippen LogP contribution in [-0.4, -0.2) is 64.5 Å². The molecule has 6 rings (SSSR count). The number of aryl methyl sites for hydroxylation is 2. The van der Waals surface area contributed by atoms with E-state index in [0.29, 0.717) is 15.7 Å². The molecule has 0 aliphatic carbocycles. The van der Waals surface area contributed by atoms with Crippen molar-refractivity contribution in [1.29, 1.82) is 5.26 Å². The van der Waals surface area contributed by atoms with E-state index in [-0.39, 0.29) is 18.1 Å². The van der Waals surface area contributed by atoms with E-state index in [4.69, 9.17) is 20.2 Å². The normalized spacial score (nSPS) is 20.9. The molecular formula is C26H31N9O2S3. The average molecular weight is 598 g/mol. The van der Waals surface area contributed by atoms with Gasteiger partial charge in [-0.25, -0.2) is 15.1 Å². The Kier molecular flexibility index (Phi) is 6.82. The Morgan fingerprint density at radius 2 is 1.80 bits per heavy atom. The van der Waals surface area contributed by atoms with E-state index in [1.165, 1.54) is 15.6 Å². The van der Waals surface area contributed by atoms with Crippen LogP contribution in [0.3, 0.4) is 0 Å². The first-order chi connectivity index (χ1) is 19.1. The van der Waals surface area contributed by atoms with Crippen LogP contribution in [-0.2, 0) is 16.6 Å². The molecule has 2 saturated heterocycles. The second kappa shape index (κ2) is 10.1. The van der Waals surface area contributed by atoms with E-state index < -0.39 is 10.2 Å². The molecule has 11 nitrogen and oxygen atoms in total. The number of nitrogens with two attached hydrogens (primary N) is 1. The molecule has 0 amide bonds. The van der Waals surface area contributed by atoms with Gasteiger partial charge in [-0.1, -0.05) is 59.4 Å². The third-order valence-electron chi connectivity index (χ3n) is 8.07. The number of hydrogen-bond acceptors (Lipinski definition) is 10. The van der Waals surface area contributed by atoms with E-state index in [1.807, 2.05) is 47.7 Å². The van der Waals surface area contributed by atoms with Crippen LogP contribution in [0.4, 0.5) is 16.1 Å². The lowest BCUT2D eigenvalue weighted by atomic mass is 9.98. The molecular weight excluding hydrogens is 567 g/mol. The molecule has 2 aliphatic heterocycles. The SMILES string of the molecule is CCc1nc2sc(N3C4CCC3CC(N(C)S(N)(=O)=O)C4)nn2c1N(C)c1nc(-c2ccc(C)cc2)c(C#N)s1. The van der Waals surface area contributed by atoms with Gasteiger partial charge in [0, 0.05) is 37.8 Å². The maximum atomic E-state index is 12.0. The van der Waals surface area contributed by atoms with Crippen molar-refractivity contribution < 1.29 is 8.42 Å². The Bertz CT molecular complexity index is 1700. The van der Waals surface area contributed by atoms with Crippen molar-refractivity contribution in [1.82, 2.24) is 23.9 Å². The van der Waals surface area contributed by atoms with E-state index in [0.717, 1.165) is 64.8 Å². The van der Waals surface area contributed by atoms with E-state index >= 15 is 0 Å². The predicted octanol–water partition coefficient (Wildman–Crippen LogP) is 4.06. The third kappa shape index (κ3) is 4.55. The number of fused-ring (bicyclic) bond motifs is 3. The summed E-state index contributed by atoms with van der Waals surface area (Å²) in [6, 6.07) is 10.6. The van der Waals surface area contributed by atoms with Crippen LogP contribution in [0, 0.1) is 18.3 Å². The summed E-state index contributed by atoms with van der Waals surface area (Å²) in [5, 5.41) is 21.9. The van der Waals surface area contributed by atoms with Gasteiger partial charge in [0.1, 0.15) is 16.6 Å². The van der Waals surface area contributed by atoms with Gasteiger partial charge in [-0.15, -0.1) is 5.10 Å². The number of piperidine rings is 1. The molecule has 2 atom stereocenters. The largest absolute Gasteiger partial charge is 0.341 e. The molecule has 0 spiro atoms. The van der Waals surface area contributed by atoms with Crippen LogP contribution in [0.1, 0.15) is 48.7 Å². The lowest BCUT2D eigenvalue weighted by Gasteiger charge is -2.41. The second-order valence-corrected chi connectivity index (χ2v) is 14.0. The van der Waals surface area contributed by atoms with Crippen molar-refractivity contribution in [2.75, 3.05) is 23.9 Å². The maximum Gasteiger partial charge on any atom is 0.276 e. The fraction of sp³-hybridized carbons (Fsp3) is 0.462. The molecule has 2 fully saturated rings. The van der Waals surface area contributed by atoms with E-state index in [2.05, 4.69) is 17.9 Å². The number of imidazole rings is 1. The number of thiazole rings is 1. The summed E-state index contributed by atoms with van der Waals surface area (Å²) in [5.74, 6) is 0.838. The first-order valence-electron chi connectivity index (χ1n) is 13.2. The third-order valence-corrected chi connectivity index (χ3v) is 11.1.